The molecule has 4 nitrogen and oxygen atoms in total. The maximum atomic E-state index is 9.47. The second-order valence-electron chi connectivity index (χ2n) is 4.90. The molecule has 3 rings (SSSR count). The lowest BCUT2D eigenvalue weighted by Crippen LogP contribution is -2.19. The Morgan fingerprint density at radius 2 is 2.22 bits per heavy atom. The van der Waals surface area contributed by atoms with Crippen molar-refractivity contribution in [2.75, 3.05) is 20.7 Å². The number of aliphatic hydroxyl groups is 1. The number of nitrogens with one attached hydrogen (secondary N) is 1. The van der Waals surface area contributed by atoms with E-state index in [-0.39, 0.29) is 6.61 Å². The summed E-state index contributed by atoms with van der Waals surface area (Å²) in [5.74, 6) is 0.931. The van der Waals surface area contributed by atoms with E-state index in [2.05, 4.69) is 16.9 Å². The molecule has 0 saturated heterocycles. The van der Waals surface area contributed by atoms with E-state index in [0.29, 0.717) is 0 Å². The Hall–Kier alpha value is -1.52. The van der Waals surface area contributed by atoms with Crippen LogP contribution in [0.4, 0.5) is 0 Å². The highest BCUT2D eigenvalue weighted by atomic mass is 16.5. The number of nitrogens with zero attached hydrogens (tertiary/aromatic N) is 1. The molecule has 0 amide bonds. The SMILES string of the molecule is COc1ccc2[nH]c(CO)c3c2c1CN(C)CC3. The van der Waals surface area contributed by atoms with Crippen molar-refractivity contribution in [2.45, 2.75) is 19.6 Å². The van der Waals surface area contributed by atoms with Gasteiger partial charge in [-0.15, -0.1) is 0 Å². The molecular weight excluding hydrogens is 228 g/mol. The highest BCUT2D eigenvalue weighted by molar-refractivity contribution is 5.90. The van der Waals surface area contributed by atoms with Gasteiger partial charge in [-0.1, -0.05) is 0 Å². The van der Waals surface area contributed by atoms with Crippen molar-refractivity contribution in [3.8, 4) is 5.75 Å². The fraction of sp³-hybridized carbons (Fsp3) is 0.429. The monoisotopic (exact) mass is 246 g/mol. The molecule has 0 atom stereocenters. The van der Waals surface area contributed by atoms with E-state index in [4.69, 9.17) is 4.74 Å². The van der Waals surface area contributed by atoms with E-state index in [1.807, 2.05) is 12.1 Å². The standard InChI is InChI=1S/C14H18N2O2/c1-16-6-5-9-12(8-17)15-11-3-4-13(18-2)10(7-16)14(9)11/h3-4,15,17H,5-8H2,1-2H3. The molecule has 2 aromatic rings. The Kier molecular flexibility index (Phi) is 2.76. The fourth-order valence-electron chi connectivity index (χ4n) is 2.88. The van der Waals surface area contributed by atoms with Gasteiger partial charge in [-0.3, -0.25) is 0 Å². The minimum absolute atomic E-state index is 0.0650. The summed E-state index contributed by atoms with van der Waals surface area (Å²) in [7, 11) is 3.83. The van der Waals surface area contributed by atoms with Crippen LogP contribution in [0.2, 0.25) is 0 Å². The Labute approximate surface area is 106 Å². The van der Waals surface area contributed by atoms with Crippen LogP contribution in [0.1, 0.15) is 16.8 Å². The van der Waals surface area contributed by atoms with Crippen molar-refractivity contribution in [2.24, 2.45) is 0 Å². The third-order valence-electron chi connectivity index (χ3n) is 3.77. The smallest absolute Gasteiger partial charge is 0.124 e. The first-order valence-electron chi connectivity index (χ1n) is 6.23. The molecule has 0 saturated carbocycles. The molecule has 18 heavy (non-hydrogen) atoms. The first-order valence-corrected chi connectivity index (χ1v) is 6.23. The number of likely N-dealkylation sites (N-methyl/N-ethyl adjacent to an activating group) is 1. The van der Waals surface area contributed by atoms with Crippen LogP contribution in [0.25, 0.3) is 10.9 Å². The third-order valence-corrected chi connectivity index (χ3v) is 3.77. The Bertz CT molecular complexity index is 589. The average molecular weight is 246 g/mol. The lowest BCUT2D eigenvalue weighted by Gasteiger charge is -2.15. The molecule has 0 radical (unpaired) electrons. The van der Waals surface area contributed by atoms with Crippen LogP contribution in [-0.4, -0.2) is 35.7 Å². The van der Waals surface area contributed by atoms with Crippen molar-refractivity contribution in [3.63, 3.8) is 0 Å². The van der Waals surface area contributed by atoms with Gasteiger partial charge in [0.1, 0.15) is 5.75 Å². The largest absolute Gasteiger partial charge is 0.496 e. The van der Waals surface area contributed by atoms with Crippen molar-refractivity contribution in [1.29, 1.82) is 0 Å². The van der Waals surface area contributed by atoms with Crippen molar-refractivity contribution >= 4 is 10.9 Å². The number of rotatable bonds is 2. The fourth-order valence-corrected chi connectivity index (χ4v) is 2.88. The summed E-state index contributed by atoms with van der Waals surface area (Å²) in [6, 6.07) is 4.03. The number of hydrogen-bond acceptors (Lipinski definition) is 3. The minimum Gasteiger partial charge on any atom is -0.496 e. The highest BCUT2D eigenvalue weighted by Crippen LogP contribution is 2.35. The summed E-state index contributed by atoms with van der Waals surface area (Å²) in [6.07, 6.45) is 0.965. The van der Waals surface area contributed by atoms with Gasteiger partial charge < -0.3 is 19.7 Å². The molecule has 0 fully saturated rings. The van der Waals surface area contributed by atoms with Gasteiger partial charge in [0.05, 0.1) is 13.7 Å². The van der Waals surface area contributed by atoms with Gasteiger partial charge in [0, 0.05) is 35.2 Å². The van der Waals surface area contributed by atoms with E-state index < -0.39 is 0 Å². The van der Waals surface area contributed by atoms with Crippen molar-refractivity contribution in [3.05, 3.63) is 29.0 Å². The summed E-state index contributed by atoms with van der Waals surface area (Å²) >= 11 is 0. The summed E-state index contributed by atoms with van der Waals surface area (Å²) in [5.41, 5.74) is 4.50. The Morgan fingerprint density at radius 1 is 1.39 bits per heavy atom. The lowest BCUT2D eigenvalue weighted by molar-refractivity contribution is 0.275. The Balaban J connectivity index is 2.33. The molecule has 1 aromatic carbocycles. The van der Waals surface area contributed by atoms with Crippen LogP contribution in [0.15, 0.2) is 12.1 Å². The molecule has 96 valence electrons. The van der Waals surface area contributed by atoms with Crippen LogP contribution >= 0.6 is 0 Å². The van der Waals surface area contributed by atoms with E-state index in [1.165, 1.54) is 16.5 Å². The van der Waals surface area contributed by atoms with Gasteiger partial charge in [-0.05, 0) is 31.2 Å². The molecule has 1 aliphatic heterocycles. The van der Waals surface area contributed by atoms with Crippen LogP contribution in [0.3, 0.4) is 0 Å². The minimum atomic E-state index is 0.0650. The number of aromatic amines is 1. The predicted octanol–water partition coefficient (Wildman–Crippen LogP) is 1.66. The number of aliphatic hydroxyl groups excluding tert-OH is 1. The Morgan fingerprint density at radius 3 is 2.94 bits per heavy atom. The predicted molar refractivity (Wildman–Crippen MR) is 70.8 cm³/mol. The maximum absolute atomic E-state index is 9.47. The van der Waals surface area contributed by atoms with Gasteiger partial charge in [0.2, 0.25) is 0 Å². The molecule has 1 aromatic heterocycles. The molecular formula is C14H18N2O2. The van der Waals surface area contributed by atoms with Crippen LogP contribution in [0.5, 0.6) is 5.75 Å². The number of aromatic nitrogens is 1. The summed E-state index contributed by atoms with van der Waals surface area (Å²) in [6.45, 7) is 1.95. The van der Waals surface area contributed by atoms with Gasteiger partial charge >= 0.3 is 0 Å². The molecule has 4 heteroatoms. The summed E-state index contributed by atoms with van der Waals surface area (Å²) in [4.78, 5) is 5.61. The third kappa shape index (κ3) is 1.61. The first-order chi connectivity index (χ1) is 8.74. The normalized spacial score (nSPS) is 15.9. The zero-order valence-corrected chi connectivity index (χ0v) is 10.8. The number of ether oxygens (including phenoxy) is 1. The quantitative estimate of drug-likeness (QED) is 0.847. The van der Waals surface area contributed by atoms with Crippen molar-refractivity contribution in [1.82, 2.24) is 9.88 Å². The molecule has 0 spiro atoms. The van der Waals surface area contributed by atoms with Gasteiger partial charge in [-0.2, -0.15) is 0 Å². The second kappa shape index (κ2) is 4.30. The van der Waals surface area contributed by atoms with Gasteiger partial charge in [-0.25, -0.2) is 0 Å². The first kappa shape index (κ1) is 11.6. The number of methoxy groups -OCH3 is 1. The molecule has 1 aliphatic rings. The summed E-state index contributed by atoms with van der Waals surface area (Å²) in [5, 5.41) is 10.7. The van der Waals surface area contributed by atoms with Crippen LogP contribution < -0.4 is 4.74 Å². The van der Waals surface area contributed by atoms with Crippen LogP contribution in [-0.2, 0) is 19.6 Å². The molecule has 0 bridgehead atoms. The van der Waals surface area contributed by atoms with Gasteiger partial charge in [0.25, 0.3) is 0 Å². The molecule has 0 unspecified atom stereocenters. The van der Waals surface area contributed by atoms with E-state index in [0.717, 1.165) is 36.5 Å². The van der Waals surface area contributed by atoms with Gasteiger partial charge in [0.15, 0.2) is 0 Å². The van der Waals surface area contributed by atoms with E-state index >= 15 is 0 Å². The number of H-pyrrole nitrogens is 1. The number of hydrogen-bond donors (Lipinski definition) is 2. The topological polar surface area (TPSA) is 48.5 Å². The maximum Gasteiger partial charge on any atom is 0.124 e. The van der Waals surface area contributed by atoms with E-state index in [1.54, 1.807) is 7.11 Å². The van der Waals surface area contributed by atoms with E-state index in [9.17, 15) is 5.11 Å². The highest BCUT2D eigenvalue weighted by Gasteiger charge is 2.21. The number of benzene rings is 1. The molecule has 2 heterocycles. The lowest BCUT2D eigenvalue weighted by atomic mass is 10.0. The summed E-state index contributed by atoms with van der Waals surface area (Å²) < 4.78 is 5.48. The van der Waals surface area contributed by atoms with Crippen LogP contribution in [0, 0.1) is 0 Å². The average Bonchev–Trinajstić information content (AvgIpc) is 2.64. The second-order valence-corrected chi connectivity index (χ2v) is 4.90. The zero-order valence-electron chi connectivity index (χ0n) is 10.8. The molecule has 0 aliphatic carbocycles. The molecule has 2 N–H and O–H groups in total. The van der Waals surface area contributed by atoms with Crippen molar-refractivity contribution < 1.29 is 9.84 Å². The zero-order chi connectivity index (χ0) is 12.7.